The molecule has 0 saturated heterocycles. The van der Waals surface area contributed by atoms with Gasteiger partial charge in [-0.1, -0.05) is 37.5 Å². The van der Waals surface area contributed by atoms with Crippen molar-refractivity contribution < 1.29 is 23.2 Å². The maximum absolute atomic E-state index is 12.0. The molecule has 0 bridgehead atoms. The van der Waals surface area contributed by atoms with Gasteiger partial charge in [-0.05, 0) is 31.9 Å². The van der Waals surface area contributed by atoms with Crippen LogP contribution in [0.4, 0.5) is 0 Å². The normalized spacial score (nSPS) is 19.6. The Bertz CT molecular complexity index is 550. The highest BCUT2D eigenvalue weighted by Gasteiger charge is 2.31. The summed E-state index contributed by atoms with van der Waals surface area (Å²) in [6, 6.07) is 7.48. The highest BCUT2D eigenvalue weighted by Crippen LogP contribution is 2.53. The van der Waals surface area contributed by atoms with Crippen LogP contribution in [0.3, 0.4) is 0 Å². The zero-order chi connectivity index (χ0) is 16.7. The van der Waals surface area contributed by atoms with Gasteiger partial charge in [-0.3, -0.25) is 4.84 Å². The second-order valence-electron chi connectivity index (χ2n) is 5.46. The minimum absolute atomic E-state index is 0.0855. The molecule has 0 aliphatic heterocycles. The van der Waals surface area contributed by atoms with Crippen LogP contribution in [-0.4, -0.2) is 18.1 Å². The van der Waals surface area contributed by atoms with E-state index in [2.05, 4.69) is 5.48 Å². The summed E-state index contributed by atoms with van der Waals surface area (Å²) in [4.78, 5) is 17.4. The minimum atomic E-state index is -4.05. The van der Waals surface area contributed by atoms with Gasteiger partial charge < -0.3 is 9.05 Å². The van der Waals surface area contributed by atoms with Crippen LogP contribution in [-0.2, 0) is 18.7 Å². The van der Waals surface area contributed by atoms with Crippen LogP contribution in [0.1, 0.15) is 39.0 Å². The summed E-state index contributed by atoms with van der Waals surface area (Å²) in [6.07, 6.45) is 5.45. The SMILES string of the molecule is C[C@H](NOC1CCCCC1)C(=O)OP(=O)(Cl)Oc1ccccc1. The molecule has 0 spiro atoms. The number of rotatable bonds is 7. The summed E-state index contributed by atoms with van der Waals surface area (Å²) in [5.74, 6) is -0.534. The predicted octanol–water partition coefficient (Wildman–Crippen LogP) is 4.20. The van der Waals surface area contributed by atoms with Crippen molar-refractivity contribution in [3.05, 3.63) is 30.3 Å². The molecule has 1 aromatic rings. The van der Waals surface area contributed by atoms with Gasteiger partial charge in [0.05, 0.1) is 6.10 Å². The molecule has 1 fully saturated rings. The summed E-state index contributed by atoms with van der Waals surface area (Å²) in [5, 5.41) is 0. The van der Waals surface area contributed by atoms with Crippen molar-refractivity contribution >= 4 is 24.2 Å². The number of carbonyl (C=O) groups is 1. The molecule has 1 aliphatic rings. The molecule has 6 nitrogen and oxygen atoms in total. The van der Waals surface area contributed by atoms with Crippen LogP contribution in [0.5, 0.6) is 5.75 Å². The van der Waals surface area contributed by atoms with E-state index in [9.17, 15) is 9.36 Å². The van der Waals surface area contributed by atoms with Crippen molar-refractivity contribution in [2.45, 2.75) is 51.2 Å². The number of carbonyl (C=O) groups excluding carboxylic acids is 1. The van der Waals surface area contributed by atoms with Crippen LogP contribution < -0.4 is 10.0 Å². The fourth-order valence-electron chi connectivity index (χ4n) is 2.24. The average Bonchev–Trinajstić information content (AvgIpc) is 2.53. The first-order valence-corrected chi connectivity index (χ1v) is 10.1. The number of halogens is 1. The first-order chi connectivity index (χ1) is 11.0. The maximum atomic E-state index is 12.0. The molecule has 23 heavy (non-hydrogen) atoms. The van der Waals surface area contributed by atoms with Gasteiger partial charge in [0, 0.05) is 11.2 Å². The molecular formula is C15H21ClNO5P. The zero-order valence-corrected chi connectivity index (χ0v) is 14.6. The molecule has 1 aromatic carbocycles. The lowest BCUT2D eigenvalue weighted by Crippen LogP contribution is -2.38. The van der Waals surface area contributed by atoms with E-state index < -0.39 is 19.0 Å². The Hall–Kier alpha value is -1.07. The van der Waals surface area contributed by atoms with E-state index in [4.69, 9.17) is 25.1 Å². The topological polar surface area (TPSA) is 73.9 Å². The van der Waals surface area contributed by atoms with Crippen LogP contribution in [0.2, 0.25) is 0 Å². The summed E-state index contributed by atoms with van der Waals surface area (Å²) >= 11 is 5.68. The summed E-state index contributed by atoms with van der Waals surface area (Å²) in [5.41, 5.74) is 2.63. The highest BCUT2D eigenvalue weighted by molar-refractivity contribution is 7.82. The zero-order valence-electron chi connectivity index (χ0n) is 12.9. The van der Waals surface area contributed by atoms with E-state index >= 15 is 0 Å². The third-order valence-electron chi connectivity index (χ3n) is 3.47. The van der Waals surface area contributed by atoms with Crippen molar-refractivity contribution in [1.29, 1.82) is 0 Å². The Kier molecular flexibility index (Phi) is 6.90. The summed E-state index contributed by atoms with van der Waals surface area (Å²) in [7, 11) is 0. The Balaban J connectivity index is 1.78. The Morgan fingerprint density at radius 3 is 2.57 bits per heavy atom. The number of para-hydroxylation sites is 1. The monoisotopic (exact) mass is 361 g/mol. The molecule has 2 atom stereocenters. The number of benzene rings is 1. The molecule has 0 heterocycles. The van der Waals surface area contributed by atoms with Gasteiger partial charge in [-0.2, -0.15) is 5.48 Å². The number of hydrogen-bond donors (Lipinski definition) is 1. The molecule has 0 radical (unpaired) electrons. The molecule has 0 amide bonds. The molecule has 8 heteroatoms. The maximum Gasteiger partial charge on any atom is 0.532 e. The summed E-state index contributed by atoms with van der Waals surface area (Å²) < 4.78 is 21.8. The number of hydrogen-bond acceptors (Lipinski definition) is 6. The Morgan fingerprint density at radius 1 is 1.26 bits per heavy atom. The molecule has 0 aromatic heterocycles. The van der Waals surface area contributed by atoms with Gasteiger partial charge >= 0.3 is 12.9 Å². The molecule has 1 unspecified atom stereocenters. The van der Waals surface area contributed by atoms with Gasteiger partial charge in [0.25, 0.3) is 0 Å². The van der Waals surface area contributed by atoms with E-state index in [0.717, 1.165) is 25.7 Å². The van der Waals surface area contributed by atoms with E-state index in [-0.39, 0.29) is 11.9 Å². The van der Waals surface area contributed by atoms with Crippen LogP contribution in [0.25, 0.3) is 0 Å². The van der Waals surface area contributed by atoms with Gasteiger partial charge in [-0.15, -0.1) is 0 Å². The lowest BCUT2D eigenvalue weighted by atomic mass is 9.98. The summed E-state index contributed by atoms with van der Waals surface area (Å²) in [6.45, 7) is -2.51. The van der Waals surface area contributed by atoms with Crippen LogP contribution >= 0.6 is 18.2 Å². The van der Waals surface area contributed by atoms with Gasteiger partial charge in [0.2, 0.25) is 0 Å². The highest BCUT2D eigenvalue weighted by atomic mass is 35.7. The fraction of sp³-hybridized carbons (Fsp3) is 0.533. The number of nitrogens with one attached hydrogen (secondary N) is 1. The first kappa shape index (κ1) is 18.3. The first-order valence-electron chi connectivity index (χ1n) is 7.65. The van der Waals surface area contributed by atoms with Crippen molar-refractivity contribution in [3.63, 3.8) is 0 Å². The second kappa shape index (κ2) is 8.69. The van der Waals surface area contributed by atoms with Gasteiger partial charge in [0.1, 0.15) is 11.8 Å². The van der Waals surface area contributed by atoms with Crippen molar-refractivity contribution in [3.8, 4) is 5.75 Å². The molecule has 1 saturated carbocycles. The standard InChI is InChI=1S/C15H21ClNO5P/c1-12(17-20-13-8-4-2-5-9-13)15(18)22-23(16,19)21-14-10-6-3-7-11-14/h3,6-7,10-13,17H,2,4-5,8-9H2,1H3/t12-,23?/m0/s1. The average molecular weight is 362 g/mol. The lowest BCUT2D eigenvalue weighted by molar-refractivity contribution is -0.143. The second-order valence-corrected chi connectivity index (χ2v) is 7.93. The van der Waals surface area contributed by atoms with E-state index in [1.54, 1.807) is 37.3 Å². The fourth-order valence-corrected chi connectivity index (χ4v) is 3.47. The van der Waals surface area contributed by atoms with E-state index in [1.807, 2.05) is 0 Å². The molecule has 1 N–H and O–H groups in total. The quantitative estimate of drug-likeness (QED) is 0.579. The third kappa shape index (κ3) is 6.51. The van der Waals surface area contributed by atoms with Crippen molar-refractivity contribution in [2.75, 3.05) is 0 Å². The molecule has 1 aliphatic carbocycles. The van der Waals surface area contributed by atoms with Crippen LogP contribution in [0.15, 0.2) is 30.3 Å². The smallest absolute Gasteiger partial charge is 0.405 e. The molecule has 2 rings (SSSR count). The minimum Gasteiger partial charge on any atom is -0.405 e. The van der Waals surface area contributed by atoms with E-state index in [1.165, 1.54) is 6.42 Å². The Morgan fingerprint density at radius 2 is 1.91 bits per heavy atom. The molecular weight excluding hydrogens is 341 g/mol. The Labute approximate surface area is 140 Å². The predicted molar refractivity (Wildman–Crippen MR) is 87.2 cm³/mol. The third-order valence-corrected chi connectivity index (χ3v) is 4.71. The number of hydroxylamine groups is 1. The van der Waals surface area contributed by atoms with Crippen molar-refractivity contribution in [2.24, 2.45) is 0 Å². The van der Waals surface area contributed by atoms with Crippen molar-refractivity contribution in [1.82, 2.24) is 5.48 Å². The lowest BCUT2D eigenvalue weighted by Gasteiger charge is -2.23. The largest absolute Gasteiger partial charge is 0.532 e. The molecule has 128 valence electrons. The van der Waals surface area contributed by atoms with E-state index in [0.29, 0.717) is 0 Å². The van der Waals surface area contributed by atoms with Gasteiger partial charge in [0.15, 0.2) is 0 Å². The van der Waals surface area contributed by atoms with Crippen LogP contribution in [0, 0.1) is 0 Å². The van der Waals surface area contributed by atoms with Gasteiger partial charge in [-0.25, -0.2) is 9.36 Å².